The van der Waals surface area contributed by atoms with Crippen LogP contribution in [0.3, 0.4) is 0 Å². The highest BCUT2D eigenvalue weighted by molar-refractivity contribution is 7.88. The summed E-state index contributed by atoms with van der Waals surface area (Å²) < 4.78 is 24.4. The van der Waals surface area contributed by atoms with Crippen LogP contribution >= 0.6 is 0 Å². The van der Waals surface area contributed by atoms with Crippen molar-refractivity contribution >= 4 is 20.8 Å². The van der Waals surface area contributed by atoms with Crippen LogP contribution in [-0.2, 0) is 16.4 Å². The van der Waals surface area contributed by atoms with Gasteiger partial charge in [-0.15, -0.1) is 0 Å². The van der Waals surface area contributed by atoms with E-state index >= 15 is 0 Å². The highest BCUT2D eigenvalue weighted by atomic mass is 32.2. The Hall–Kier alpha value is -1.39. The summed E-state index contributed by atoms with van der Waals surface area (Å²) in [7, 11) is -3.07. The molecule has 0 amide bonds. The van der Waals surface area contributed by atoms with E-state index in [-0.39, 0.29) is 0 Å². The number of fused-ring (bicyclic) bond motifs is 1. The average molecular weight is 263 g/mol. The van der Waals surface area contributed by atoms with Gasteiger partial charge in [-0.2, -0.15) is 0 Å². The first-order valence-corrected chi connectivity index (χ1v) is 7.87. The first kappa shape index (κ1) is 13.1. The Morgan fingerprint density at radius 2 is 1.78 bits per heavy atom. The molecule has 18 heavy (non-hydrogen) atoms. The van der Waals surface area contributed by atoms with E-state index in [0.29, 0.717) is 6.54 Å². The van der Waals surface area contributed by atoms with Gasteiger partial charge in [0, 0.05) is 6.54 Å². The fraction of sp³-hybridized carbons (Fsp3) is 0.286. The molecule has 0 bridgehead atoms. The van der Waals surface area contributed by atoms with Crippen LogP contribution in [0.4, 0.5) is 0 Å². The van der Waals surface area contributed by atoms with Gasteiger partial charge in [0.2, 0.25) is 10.0 Å². The van der Waals surface area contributed by atoms with Crippen LogP contribution in [0.25, 0.3) is 10.8 Å². The summed E-state index contributed by atoms with van der Waals surface area (Å²) in [6.45, 7) is 0.488. The Morgan fingerprint density at radius 1 is 1.06 bits per heavy atom. The lowest BCUT2D eigenvalue weighted by Crippen LogP contribution is -2.23. The Bertz CT molecular complexity index is 630. The predicted molar refractivity (Wildman–Crippen MR) is 75.1 cm³/mol. The Labute approximate surface area is 108 Å². The quantitative estimate of drug-likeness (QED) is 0.841. The Kier molecular flexibility index (Phi) is 3.99. The third-order valence-corrected chi connectivity index (χ3v) is 3.60. The van der Waals surface area contributed by atoms with E-state index < -0.39 is 10.0 Å². The minimum absolute atomic E-state index is 0.488. The highest BCUT2D eigenvalue weighted by Crippen LogP contribution is 2.19. The maximum atomic E-state index is 10.9. The van der Waals surface area contributed by atoms with Crippen molar-refractivity contribution in [1.29, 1.82) is 0 Å². The van der Waals surface area contributed by atoms with Crippen LogP contribution < -0.4 is 4.72 Å². The van der Waals surface area contributed by atoms with Crippen molar-refractivity contribution in [1.82, 2.24) is 4.72 Å². The van der Waals surface area contributed by atoms with Gasteiger partial charge in [-0.1, -0.05) is 42.5 Å². The van der Waals surface area contributed by atoms with Gasteiger partial charge < -0.3 is 0 Å². The molecule has 0 aliphatic heterocycles. The molecule has 2 aromatic carbocycles. The van der Waals surface area contributed by atoms with Gasteiger partial charge in [0.25, 0.3) is 0 Å². The summed E-state index contributed by atoms with van der Waals surface area (Å²) in [6, 6.07) is 14.5. The van der Waals surface area contributed by atoms with Crippen LogP contribution in [0.2, 0.25) is 0 Å². The van der Waals surface area contributed by atoms with Gasteiger partial charge in [-0.3, -0.25) is 0 Å². The Morgan fingerprint density at radius 3 is 2.56 bits per heavy atom. The lowest BCUT2D eigenvalue weighted by Gasteiger charge is -2.06. The molecular weight excluding hydrogens is 246 g/mol. The van der Waals surface area contributed by atoms with E-state index in [4.69, 9.17) is 0 Å². The van der Waals surface area contributed by atoms with Gasteiger partial charge in [-0.25, -0.2) is 13.1 Å². The molecule has 0 fully saturated rings. The molecule has 0 saturated heterocycles. The molecule has 2 aromatic rings. The van der Waals surface area contributed by atoms with Crippen molar-refractivity contribution in [2.45, 2.75) is 12.8 Å². The van der Waals surface area contributed by atoms with Gasteiger partial charge in [0.05, 0.1) is 6.26 Å². The lowest BCUT2D eigenvalue weighted by atomic mass is 10.0. The Balaban J connectivity index is 2.04. The van der Waals surface area contributed by atoms with Crippen LogP contribution in [0.1, 0.15) is 12.0 Å². The second-order valence-electron chi connectivity index (χ2n) is 4.41. The average Bonchev–Trinajstić information content (AvgIpc) is 2.33. The molecule has 3 nitrogen and oxygen atoms in total. The van der Waals surface area contributed by atoms with Crippen molar-refractivity contribution in [3.05, 3.63) is 48.0 Å². The van der Waals surface area contributed by atoms with Crippen molar-refractivity contribution < 1.29 is 8.42 Å². The maximum absolute atomic E-state index is 10.9. The topological polar surface area (TPSA) is 46.2 Å². The van der Waals surface area contributed by atoms with Crippen LogP contribution in [0.15, 0.2) is 42.5 Å². The monoisotopic (exact) mass is 263 g/mol. The molecule has 2 rings (SSSR count). The SMILES string of the molecule is CS(=O)(=O)NCCCc1cccc2ccccc12. The molecule has 0 unspecified atom stereocenters. The van der Waals surface area contributed by atoms with Gasteiger partial charge in [-0.05, 0) is 29.2 Å². The molecule has 0 heterocycles. The smallest absolute Gasteiger partial charge is 0.208 e. The zero-order valence-corrected chi connectivity index (χ0v) is 11.2. The standard InChI is InChI=1S/C14H17NO2S/c1-18(16,17)15-11-5-9-13-8-4-7-12-6-2-3-10-14(12)13/h2-4,6-8,10,15H,5,9,11H2,1H3. The maximum Gasteiger partial charge on any atom is 0.208 e. The number of hydrogen-bond acceptors (Lipinski definition) is 2. The van der Waals surface area contributed by atoms with E-state index in [1.807, 2.05) is 18.2 Å². The van der Waals surface area contributed by atoms with E-state index in [1.54, 1.807) is 0 Å². The number of rotatable bonds is 5. The summed E-state index contributed by atoms with van der Waals surface area (Å²) in [6.07, 6.45) is 2.87. The zero-order valence-electron chi connectivity index (χ0n) is 10.4. The van der Waals surface area contributed by atoms with Crippen molar-refractivity contribution in [3.8, 4) is 0 Å². The van der Waals surface area contributed by atoms with E-state index in [1.165, 1.54) is 22.6 Å². The van der Waals surface area contributed by atoms with E-state index in [0.717, 1.165) is 12.8 Å². The lowest BCUT2D eigenvalue weighted by molar-refractivity contribution is 0.585. The molecule has 0 atom stereocenters. The minimum Gasteiger partial charge on any atom is -0.215 e. The molecule has 0 aliphatic carbocycles. The van der Waals surface area contributed by atoms with Crippen molar-refractivity contribution in [2.24, 2.45) is 0 Å². The van der Waals surface area contributed by atoms with Crippen LogP contribution in [-0.4, -0.2) is 21.2 Å². The van der Waals surface area contributed by atoms with Crippen molar-refractivity contribution in [3.63, 3.8) is 0 Å². The van der Waals surface area contributed by atoms with Crippen LogP contribution in [0.5, 0.6) is 0 Å². The summed E-state index contributed by atoms with van der Waals surface area (Å²) in [5.74, 6) is 0. The molecule has 0 spiro atoms. The number of hydrogen-bond donors (Lipinski definition) is 1. The third-order valence-electron chi connectivity index (χ3n) is 2.87. The number of nitrogens with one attached hydrogen (secondary N) is 1. The van der Waals surface area contributed by atoms with Crippen LogP contribution in [0, 0.1) is 0 Å². The molecule has 96 valence electrons. The second kappa shape index (κ2) is 5.50. The number of sulfonamides is 1. The summed E-state index contributed by atoms with van der Waals surface area (Å²) >= 11 is 0. The third kappa shape index (κ3) is 3.55. The van der Waals surface area contributed by atoms with E-state index in [9.17, 15) is 8.42 Å². The molecule has 0 aliphatic rings. The first-order chi connectivity index (χ1) is 8.56. The molecule has 0 radical (unpaired) electrons. The molecule has 1 N–H and O–H groups in total. The molecular formula is C14H17NO2S. The number of benzene rings is 2. The summed E-state index contributed by atoms with van der Waals surface area (Å²) in [5.41, 5.74) is 1.27. The fourth-order valence-electron chi connectivity index (χ4n) is 2.05. The van der Waals surface area contributed by atoms with Gasteiger partial charge >= 0.3 is 0 Å². The molecule has 4 heteroatoms. The number of aryl methyl sites for hydroxylation is 1. The van der Waals surface area contributed by atoms with E-state index in [2.05, 4.69) is 29.0 Å². The normalized spacial score (nSPS) is 11.8. The molecule has 0 saturated carbocycles. The first-order valence-electron chi connectivity index (χ1n) is 5.97. The second-order valence-corrected chi connectivity index (χ2v) is 6.24. The van der Waals surface area contributed by atoms with Gasteiger partial charge in [0.15, 0.2) is 0 Å². The highest BCUT2D eigenvalue weighted by Gasteiger charge is 2.02. The zero-order chi connectivity index (χ0) is 13.0. The molecule has 0 aromatic heterocycles. The summed E-state index contributed by atoms with van der Waals surface area (Å²) in [4.78, 5) is 0. The summed E-state index contributed by atoms with van der Waals surface area (Å²) in [5, 5.41) is 2.48. The van der Waals surface area contributed by atoms with Crippen molar-refractivity contribution in [2.75, 3.05) is 12.8 Å². The predicted octanol–water partition coefficient (Wildman–Crippen LogP) is 2.32. The van der Waals surface area contributed by atoms with Gasteiger partial charge in [0.1, 0.15) is 0 Å². The minimum atomic E-state index is -3.07. The largest absolute Gasteiger partial charge is 0.215 e. The fourth-order valence-corrected chi connectivity index (χ4v) is 2.56.